The van der Waals surface area contributed by atoms with Gasteiger partial charge in [0.25, 0.3) is 11.7 Å². The minimum Gasteiger partial charge on any atom is -0.380 e. The van der Waals surface area contributed by atoms with E-state index in [-0.39, 0.29) is 23.3 Å². The SMILES string of the molecule is COC1CCN(c2cc3c(-c4ccc(CNC(=O)c5noc(C(C)(C)C)n5)c(C)c4)ncnn3c2)C1. The second-order valence-corrected chi connectivity index (χ2v) is 10.2. The number of amides is 1. The molecule has 1 aromatic carbocycles. The Hall–Kier alpha value is -3.79. The molecule has 10 heteroatoms. The molecule has 0 bridgehead atoms. The first-order chi connectivity index (χ1) is 17.2. The molecule has 1 fully saturated rings. The molecule has 1 aliphatic heterocycles. The maximum atomic E-state index is 12.5. The van der Waals surface area contributed by atoms with Crippen LogP contribution in [0.25, 0.3) is 16.8 Å². The summed E-state index contributed by atoms with van der Waals surface area (Å²) in [6, 6.07) is 8.24. The van der Waals surface area contributed by atoms with Crippen molar-refractivity contribution in [1.29, 1.82) is 0 Å². The number of methoxy groups -OCH3 is 1. The van der Waals surface area contributed by atoms with E-state index in [1.54, 1.807) is 13.4 Å². The number of aromatic nitrogens is 5. The molecule has 0 aliphatic carbocycles. The van der Waals surface area contributed by atoms with E-state index in [9.17, 15) is 4.79 Å². The molecule has 1 aliphatic rings. The highest BCUT2D eigenvalue weighted by Crippen LogP contribution is 2.30. The zero-order valence-corrected chi connectivity index (χ0v) is 21.3. The van der Waals surface area contributed by atoms with Crippen LogP contribution in [0.1, 0.15) is 54.8 Å². The number of nitrogens with zero attached hydrogens (tertiary/aromatic N) is 6. The Kier molecular flexibility index (Phi) is 6.21. The highest BCUT2D eigenvalue weighted by atomic mass is 16.5. The number of ether oxygens (including phenoxy) is 1. The van der Waals surface area contributed by atoms with Gasteiger partial charge in [-0.25, -0.2) is 9.50 Å². The van der Waals surface area contributed by atoms with Gasteiger partial charge in [0.1, 0.15) is 6.33 Å². The molecule has 1 saturated heterocycles. The van der Waals surface area contributed by atoms with Gasteiger partial charge in [-0.2, -0.15) is 10.1 Å². The number of carbonyl (C=O) groups excluding carboxylic acids is 1. The van der Waals surface area contributed by atoms with Crippen LogP contribution in [0.2, 0.25) is 0 Å². The average Bonchev–Trinajstić information content (AvgIpc) is 3.61. The van der Waals surface area contributed by atoms with Gasteiger partial charge in [0.05, 0.1) is 29.2 Å². The maximum Gasteiger partial charge on any atom is 0.292 e. The lowest BCUT2D eigenvalue weighted by Gasteiger charge is -2.15. The quantitative estimate of drug-likeness (QED) is 0.438. The fourth-order valence-corrected chi connectivity index (χ4v) is 4.38. The van der Waals surface area contributed by atoms with Crippen molar-refractivity contribution < 1.29 is 14.1 Å². The molecule has 188 valence electrons. The van der Waals surface area contributed by atoms with Crippen LogP contribution >= 0.6 is 0 Å². The summed E-state index contributed by atoms with van der Waals surface area (Å²) in [6.45, 7) is 10.1. The number of hydrogen-bond donors (Lipinski definition) is 1. The Bertz CT molecular complexity index is 1400. The van der Waals surface area contributed by atoms with Crippen LogP contribution in [-0.2, 0) is 16.7 Å². The first kappa shape index (κ1) is 23.9. The predicted molar refractivity (Wildman–Crippen MR) is 135 cm³/mol. The number of nitrogens with one attached hydrogen (secondary N) is 1. The lowest BCUT2D eigenvalue weighted by atomic mass is 9.97. The van der Waals surface area contributed by atoms with E-state index < -0.39 is 0 Å². The molecular formula is C26H31N7O3. The number of rotatable bonds is 6. The van der Waals surface area contributed by atoms with Crippen LogP contribution in [0.5, 0.6) is 0 Å². The highest BCUT2D eigenvalue weighted by Gasteiger charge is 2.25. The Morgan fingerprint density at radius 2 is 2.11 bits per heavy atom. The molecule has 4 aromatic rings. The van der Waals surface area contributed by atoms with E-state index in [1.165, 1.54) is 0 Å². The van der Waals surface area contributed by atoms with E-state index in [0.717, 1.165) is 53.1 Å². The molecule has 1 unspecified atom stereocenters. The van der Waals surface area contributed by atoms with Crippen LogP contribution in [-0.4, -0.2) is 56.9 Å². The van der Waals surface area contributed by atoms with E-state index >= 15 is 0 Å². The molecule has 0 radical (unpaired) electrons. The van der Waals surface area contributed by atoms with E-state index in [4.69, 9.17) is 9.26 Å². The van der Waals surface area contributed by atoms with Crippen molar-refractivity contribution in [2.24, 2.45) is 0 Å². The van der Waals surface area contributed by atoms with Gasteiger partial charge in [0.2, 0.25) is 5.89 Å². The van der Waals surface area contributed by atoms with Gasteiger partial charge in [-0.15, -0.1) is 0 Å². The van der Waals surface area contributed by atoms with Gasteiger partial charge in [0.15, 0.2) is 0 Å². The summed E-state index contributed by atoms with van der Waals surface area (Å²) in [5.74, 6) is 0.103. The summed E-state index contributed by atoms with van der Waals surface area (Å²) in [5, 5.41) is 11.1. The highest BCUT2D eigenvalue weighted by molar-refractivity contribution is 5.90. The number of anilines is 1. The molecule has 1 amide bonds. The molecule has 0 saturated carbocycles. The minimum atomic E-state index is -0.367. The lowest BCUT2D eigenvalue weighted by Crippen LogP contribution is -2.24. The second kappa shape index (κ2) is 9.34. The summed E-state index contributed by atoms with van der Waals surface area (Å²) >= 11 is 0. The smallest absolute Gasteiger partial charge is 0.292 e. The van der Waals surface area contributed by atoms with Gasteiger partial charge in [0, 0.05) is 37.7 Å². The van der Waals surface area contributed by atoms with Crippen LogP contribution < -0.4 is 10.2 Å². The first-order valence-electron chi connectivity index (χ1n) is 12.1. The molecule has 1 atom stereocenters. The average molecular weight is 490 g/mol. The number of hydrogen-bond acceptors (Lipinski definition) is 8. The summed E-state index contributed by atoms with van der Waals surface area (Å²) in [5.41, 5.74) is 5.64. The van der Waals surface area contributed by atoms with Gasteiger partial charge in [-0.05, 0) is 36.6 Å². The third-order valence-corrected chi connectivity index (χ3v) is 6.56. The number of carbonyl (C=O) groups is 1. The minimum absolute atomic E-state index is 0.0384. The monoisotopic (exact) mass is 489 g/mol. The summed E-state index contributed by atoms with van der Waals surface area (Å²) in [7, 11) is 1.76. The zero-order valence-electron chi connectivity index (χ0n) is 21.3. The maximum absolute atomic E-state index is 12.5. The van der Waals surface area contributed by atoms with E-state index in [0.29, 0.717) is 12.4 Å². The van der Waals surface area contributed by atoms with Crippen molar-refractivity contribution in [3.63, 3.8) is 0 Å². The molecule has 5 rings (SSSR count). The third-order valence-electron chi connectivity index (χ3n) is 6.56. The zero-order chi connectivity index (χ0) is 25.4. The molecule has 0 spiro atoms. The standard InChI is InChI=1S/C26H31N7O3/c1-16-10-17(6-7-18(16)12-27-24(34)23-30-25(36-31-23)26(2,3)4)22-21-11-19(13-33(21)29-15-28-22)32-9-8-20(14-32)35-5/h6-7,10-11,13,15,20H,8-9,12,14H2,1-5H3,(H,27,34). The Balaban J connectivity index is 1.32. The normalized spacial score (nSPS) is 16.1. The number of aryl methyl sites for hydroxylation is 1. The van der Waals surface area contributed by atoms with Crippen LogP contribution in [0, 0.1) is 6.92 Å². The van der Waals surface area contributed by atoms with Crippen LogP contribution in [0.3, 0.4) is 0 Å². The van der Waals surface area contributed by atoms with E-state index in [1.807, 2.05) is 50.5 Å². The van der Waals surface area contributed by atoms with Crippen molar-refractivity contribution in [2.75, 3.05) is 25.1 Å². The molecular weight excluding hydrogens is 458 g/mol. The van der Waals surface area contributed by atoms with Crippen molar-refractivity contribution in [3.8, 4) is 11.3 Å². The molecule has 4 heterocycles. The van der Waals surface area contributed by atoms with Crippen molar-refractivity contribution >= 4 is 17.1 Å². The largest absolute Gasteiger partial charge is 0.380 e. The topological polar surface area (TPSA) is 111 Å². The van der Waals surface area contributed by atoms with Crippen LogP contribution in [0.15, 0.2) is 41.3 Å². The molecule has 1 N–H and O–H groups in total. The number of fused-ring (bicyclic) bond motifs is 1. The Labute approximate surface area is 209 Å². The van der Waals surface area contributed by atoms with E-state index in [2.05, 4.69) is 42.6 Å². The summed E-state index contributed by atoms with van der Waals surface area (Å²) < 4.78 is 12.6. The lowest BCUT2D eigenvalue weighted by molar-refractivity contribution is 0.0937. The van der Waals surface area contributed by atoms with Gasteiger partial charge in [-0.3, -0.25) is 4.79 Å². The molecule has 3 aromatic heterocycles. The van der Waals surface area contributed by atoms with Crippen molar-refractivity contribution in [2.45, 2.75) is 52.2 Å². The second-order valence-electron chi connectivity index (χ2n) is 10.2. The molecule has 36 heavy (non-hydrogen) atoms. The fraction of sp³-hybridized carbons (Fsp3) is 0.423. The number of benzene rings is 1. The summed E-state index contributed by atoms with van der Waals surface area (Å²) in [6.07, 6.45) is 4.89. The third kappa shape index (κ3) is 4.68. The van der Waals surface area contributed by atoms with Gasteiger partial charge < -0.3 is 19.5 Å². The van der Waals surface area contributed by atoms with Gasteiger partial charge >= 0.3 is 0 Å². The Morgan fingerprint density at radius 1 is 1.28 bits per heavy atom. The first-order valence-corrected chi connectivity index (χ1v) is 12.1. The van der Waals surface area contributed by atoms with Crippen molar-refractivity contribution in [1.82, 2.24) is 30.1 Å². The van der Waals surface area contributed by atoms with Crippen molar-refractivity contribution in [3.05, 3.63) is 59.6 Å². The Morgan fingerprint density at radius 3 is 2.81 bits per heavy atom. The summed E-state index contributed by atoms with van der Waals surface area (Å²) in [4.78, 5) is 23.6. The van der Waals surface area contributed by atoms with Gasteiger partial charge in [-0.1, -0.05) is 38.1 Å². The molecule has 10 nitrogen and oxygen atoms in total. The van der Waals surface area contributed by atoms with Crippen LogP contribution in [0.4, 0.5) is 5.69 Å². The fourth-order valence-electron chi connectivity index (χ4n) is 4.38. The predicted octanol–water partition coefficient (Wildman–Crippen LogP) is 3.54.